The van der Waals surface area contributed by atoms with Gasteiger partial charge >= 0.3 is 0 Å². The van der Waals surface area contributed by atoms with Gasteiger partial charge < -0.3 is 10.9 Å². The second-order valence-corrected chi connectivity index (χ2v) is 3.02. The SMILES string of the molecule is N/C(=N\O)c1cc(Cl)cc(Cl)c1. The molecule has 0 atom stereocenters. The van der Waals surface area contributed by atoms with Crippen LogP contribution >= 0.6 is 23.2 Å². The summed E-state index contributed by atoms with van der Waals surface area (Å²) in [5.74, 6) is -0.0144. The highest BCUT2D eigenvalue weighted by molar-refractivity contribution is 6.35. The quantitative estimate of drug-likeness (QED) is 0.319. The molecule has 0 amide bonds. The van der Waals surface area contributed by atoms with Gasteiger partial charge in [0.1, 0.15) is 0 Å². The van der Waals surface area contributed by atoms with Gasteiger partial charge in [-0.15, -0.1) is 0 Å². The Morgan fingerprint density at radius 1 is 1.25 bits per heavy atom. The number of nitrogens with two attached hydrogens (primary N) is 1. The van der Waals surface area contributed by atoms with Gasteiger partial charge in [0.15, 0.2) is 5.84 Å². The Labute approximate surface area is 79.4 Å². The number of oxime groups is 1. The summed E-state index contributed by atoms with van der Waals surface area (Å²) in [5.41, 5.74) is 5.81. The van der Waals surface area contributed by atoms with Gasteiger partial charge in [-0.25, -0.2) is 0 Å². The van der Waals surface area contributed by atoms with Crippen LogP contribution in [0.25, 0.3) is 0 Å². The average molecular weight is 205 g/mol. The van der Waals surface area contributed by atoms with Gasteiger partial charge in [0.05, 0.1) is 0 Å². The number of nitrogens with zero attached hydrogens (tertiary/aromatic N) is 1. The van der Waals surface area contributed by atoms with Gasteiger partial charge in [-0.3, -0.25) is 0 Å². The number of halogens is 2. The first-order valence-corrected chi connectivity index (χ1v) is 3.83. The minimum absolute atomic E-state index is 0.0144. The normalized spacial score (nSPS) is 11.7. The smallest absolute Gasteiger partial charge is 0.170 e. The monoisotopic (exact) mass is 204 g/mol. The Morgan fingerprint density at radius 3 is 2.17 bits per heavy atom. The van der Waals surface area contributed by atoms with Crippen LogP contribution in [-0.4, -0.2) is 11.0 Å². The fraction of sp³-hybridized carbons (Fsp3) is 0. The van der Waals surface area contributed by atoms with Crippen molar-refractivity contribution in [2.24, 2.45) is 10.9 Å². The fourth-order valence-corrected chi connectivity index (χ4v) is 1.29. The number of hydrogen-bond donors (Lipinski definition) is 2. The lowest BCUT2D eigenvalue weighted by molar-refractivity contribution is 0.318. The van der Waals surface area contributed by atoms with E-state index in [9.17, 15) is 0 Å². The van der Waals surface area contributed by atoms with Gasteiger partial charge in [-0.05, 0) is 18.2 Å². The summed E-state index contributed by atoms with van der Waals surface area (Å²) < 4.78 is 0. The first-order chi connectivity index (χ1) is 5.63. The molecular weight excluding hydrogens is 199 g/mol. The van der Waals surface area contributed by atoms with Crippen molar-refractivity contribution < 1.29 is 5.21 Å². The number of amidine groups is 1. The maximum atomic E-state index is 8.35. The average Bonchev–Trinajstić information content (AvgIpc) is 2.01. The highest BCUT2D eigenvalue weighted by Gasteiger charge is 2.01. The second kappa shape index (κ2) is 3.65. The molecule has 0 aliphatic carbocycles. The predicted octanol–water partition coefficient (Wildman–Crippen LogP) is 2.09. The van der Waals surface area contributed by atoms with Gasteiger partial charge in [0, 0.05) is 15.6 Å². The first kappa shape index (κ1) is 9.16. The third kappa shape index (κ3) is 2.03. The molecule has 0 unspecified atom stereocenters. The van der Waals surface area contributed by atoms with Crippen molar-refractivity contribution in [1.82, 2.24) is 0 Å². The minimum atomic E-state index is -0.0144. The van der Waals surface area contributed by atoms with Crippen molar-refractivity contribution in [3.63, 3.8) is 0 Å². The van der Waals surface area contributed by atoms with Crippen LogP contribution in [0.4, 0.5) is 0 Å². The Balaban J connectivity index is 3.17. The number of rotatable bonds is 1. The summed E-state index contributed by atoms with van der Waals surface area (Å²) >= 11 is 11.3. The summed E-state index contributed by atoms with van der Waals surface area (Å²) in [7, 11) is 0. The third-order valence-electron chi connectivity index (χ3n) is 1.27. The van der Waals surface area contributed by atoms with E-state index < -0.39 is 0 Å². The van der Waals surface area contributed by atoms with Crippen LogP contribution in [-0.2, 0) is 0 Å². The molecule has 64 valence electrons. The zero-order valence-corrected chi connectivity index (χ0v) is 7.47. The lowest BCUT2D eigenvalue weighted by Crippen LogP contribution is -2.12. The molecule has 5 heteroatoms. The number of benzene rings is 1. The summed E-state index contributed by atoms with van der Waals surface area (Å²) in [4.78, 5) is 0. The molecule has 12 heavy (non-hydrogen) atoms. The van der Waals surface area contributed by atoms with Crippen LogP contribution in [0.5, 0.6) is 0 Å². The van der Waals surface area contributed by atoms with Crippen LogP contribution in [0, 0.1) is 0 Å². The molecule has 0 radical (unpaired) electrons. The second-order valence-electron chi connectivity index (χ2n) is 2.14. The van der Waals surface area contributed by atoms with Crippen LogP contribution in [0.15, 0.2) is 23.4 Å². The Morgan fingerprint density at radius 2 is 1.75 bits per heavy atom. The predicted molar refractivity (Wildman–Crippen MR) is 49.0 cm³/mol. The molecule has 1 rings (SSSR count). The molecule has 0 fully saturated rings. The molecule has 0 saturated heterocycles. The van der Waals surface area contributed by atoms with E-state index in [-0.39, 0.29) is 5.84 Å². The van der Waals surface area contributed by atoms with Crippen LogP contribution in [0.1, 0.15) is 5.56 Å². The molecule has 0 spiro atoms. The lowest BCUT2D eigenvalue weighted by atomic mass is 10.2. The molecule has 3 nitrogen and oxygen atoms in total. The van der Waals surface area contributed by atoms with E-state index in [1.54, 1.807) is 18.2 Å². The Kier molecular flexibility index (Phi) is 2.78. The molecule has 1 aromatic rings. The molecule has 0 bridgehead atoms. The molecular formula is C7H6Cl2N2O. The molecule has 0 heterocycles. The van der Waals surface area contributed by atoms with Gasteiger partial charge in [-0.2, -0.15) is 0 Å². The Hall–Kier alpha value is -0.930. The highest BCUT2D eigenvalue weighted by Crippen LogP contribution is 2.18. The molecule has 1 aromatic carbocycles. The maximum Gasteiger partial charge on any atom is 0.170 e. The molecule has 0 aromatic heterocycles. The summed E-state index contributed by atoms with van der Waals surface area (Å²) in [6, 6.07) is 4.68. The van der Waals surface area contributed by atoms with Crippen molar-refractivity contribution in [3.05, 3.63) is 33.8 Å². The van der Waals surface area contributed by atoms with Gasteiger partial charge in [-0.1, -0.05) is 28.4 Å². The molecule has 0 aliphatic heterocycles. The van der Waals surface area contributed by atoms with E-state index in [1.165, 1.54) is 0 Å². The van der Waals surface area contributed by atoms with E-state index in [0.717, 1.165) is 0 Å². The van der Waals surface area contributed by atoms with Crippen molar-refractivity contribution in [2.45, 2.75) is 0 Å². The molecule has 0 aliphatic rings. The standard InChI is InChI=1S/C7H6Cl2N2O/c8-5-1-4(7(10)11-12)2-6(9)3-5/h1-3,12H,(H2,10,11). The minimum Gasteiger partial charge on any atom is -0.409 e. The van der Waals surface area contributed by atoms with E-state index in [1.807, 2.05) is 0 Å². The topological polar surface area (TPSA) is 58.6 Å². The summed E-state index contributed by atoms with van der Waals surface area (Å²) in [6.07, 6.45) is 0. The highest BCUT2D eigenvalue weighted by atomic mass is 35.5. The van der Waals surface area contributed by atoms with Crippen LogP contribution in [0.3, 0.4) is 0 Å². The third-order valence-corrected chi connectivity index (χ3v) is 1.70. The fourth-order valence-electron chi connectivity index (χ4n) is 0.759. The van der Waals surface area contributed by atoms with Gasteiger partial charge in [0.25, 0.3) is 0 Å². The lowest BCUT2D eigenvalue weighted by Gasteiger charge is -1.99. The van der Waals surface area contributed by atoms with E-state index in [0.29, 0.717) is 15.6 Å². The van der Waals surface area contributed by atoms with Crippen LogP contribution < -0.4 is 5.73 Å². The molecule has 3 N–H and O–H groups in total. The Bertz CT molecular complexity index is 305. The molecule has 0 saturated carbocycles. The van der Waals surface area contributed by atoms with E-state index in [2.05, 4.69) is 5.16 Å². The van der Waals surface area contributed by atoms with Crippen molar-refractivity contribution >= 4 is 29.0 Å². The zero-order valence-electron chi connectivity index (χ0n) is 5.96. The zero-order chi connectivity index (χ0) is 9.14. The maximum absolute atomic E-state index is 8.35. The number of hydrogen-bond acceptors (Lipinski definition) is 2. The van der Waals surface area contributed by atoms with Crippen molar-refractivity contribution in [1.29, 1.82) is 0 Å². The van der Waals surface area contributed by atoms with E-state index >= 15 is 0 Å². The van der Waals surface area contributed by atoms with Crippen LogP contribution in [0.2, 0.25) is 10.0 Å². The summed E-state index contributed by atoms with van der Waals surface area (Å²) in [5, 5.41) is 12.1. The largest absolute Gasteiger partial charge is 0.409 e. The van der Waals surface area contributed by atoms with E-state index in [4.69, 9.17) is 34.1 Å². The van der Waals surface area contributed by atoms with Crippen molar-refractivity contribution in [2.75, 3.05) is 0 Å². The van der Waals surface area contributed by atoms with Crippen molar-refractivity contribution in [3.8, 4) is 0 Å². The van der Waals surface area contributed by atoms with Gasteiger partial charge in [0.2, 0.25) is 0 Å². The first-order valence-electron chi connectivity index (χ1n) is 3.07. The summed E-state index contributed by atoms with van der Waals surface area (Å²) in [6.45, 7) is 0.